The summed E-state index contributed by atoms with van der Waals surface area (Å²) < 4.78 is 5.06. The third kappa shape index (κ3) is 5.40. The van der Waals surface area contributed by atoms with Crippen LogP contribution >= 0.6 is 0 Å². The average Bonchev–Trinajstić information content (AvgIpc) is 2.66. The number of nitrogens with one attached hydrogen (secondary N) is 2. The zero-order valence-corrected chi connectivity index (χ0v) is 14.7. The first-order valence-corrected chi connectivity index (χ1v) is 8.12. The maximum absolute atomic E-state index is 12.2. The van der Waals surface area contributed by atoms with Gasteiger partial charge in [-0.05, 0) is 31.2 Å². The van der Waals surface area contributed by atoms with E-state index in [2.05, 4.69) is 17.2 Å². The van der Waals surface area contributed by atoms with E-state index >= 15 is 0 Å². The number of carbonyl (C=O) groups excluding carboxylic acids is 2. The first-order valence-electron chi connectivity index (χ1n) is 8.12. The van der Waals surface area contributed by atoms with Crippen LogP contribution in [0.4, 0.5) is 17.1 Å². The van der Waals surface area contributed by atoms with Gasteiger partial charge in [-0.1, -0.05) is 24.3 Å². The van der Waals surface area contributed by atoms with Gasteiger partial charge >= 0.3 is 5.97 Å². The summed E-state index contributed by atoms with van der Waals surface area (Å²) in [5.74, 6) is -1.31. The smallest absolute Gasteiger partial charge is 0.339 e. The number of nitro benzene ring substituents is 1. The van der Waals surface area contributed by atoms with Crippen LogP contribution in [-0.4, -0.2) is 29.4 Å². The molecule has 0 aliphatic rings. The van der Waals surface area contributed by atoms with Crippen LogP contribution in [0.2, 0.25) is 0 Å². The Kier molecular flexibility index (Phi) is 6.65. The first kappa shape index (κ1) is 19.6. The summed E-state index contributed by atoms with van der Waals surface area (Å²) in [6.45, 7) is 5.13. The minimum Gasteiger partial charge on any atom is -0.449 e. The fourth-order valence-corrected chi connectivity index (χ4v) is 2.19. The van der Waals surface area contributed by atoms with Crippen molar-refractivity contribution in [1.29, 1.82) is 0 Å². The van der Waals surface area contributed by atoms with Crippen LogP contribution in [0, 0.1) is 10.1 Å². The summed E-state index contributed by atoms with van der Waals surface area (Å²) in [6.07, 6.45) is 0.451. The second-order valence-corrected chi connectivity index (χ2v) is 5.56. The minimum absolute atomic E-state index is 0.0244. The number of amides is 1. The molecule has 0 aromatic heterocycles. The molecule has 2 N–H and O–H groups in total. The van der Waals surface area contributed by atoms with Crippen LogP contribution in [0.3, 0.4) is 0 Å². The highest BCUT2D eigenvalue weighted by molar-refractivity contribution is 5.94. The summed E-state index contributed by atoms with van der Waals surface area (Å²) in [7, 11) is 0. The molecule has 0 aliphatic carbocycles. The molecule has 8 heteroatoms. The van der Waals surface area contributed by atoms with Crippen molar-refractivity contribution in [1.82, 2.24) is 5.32 Å². The van der Waals surface area contributed by atoms with Crippen LogP contribution in [-0.2, 0) is 9.53 Å². The molecular formula is C19H19N3O5. The molecule has 0 spiro atoms. The molecule has 0 heterocycles. The number of nitrogens with zero attached hydrogens (tertiary/aromatic N) is 1. The van der Waals surface area contributed by atoms with Crippen LogP contribution in [0.1, 0.15) is 17.3 Å². The summed E-state index contributed by atoms with van der Waals surface area (Å²) in [6, 6.07) is 12.9. The maximum atomic E-state index is 12.2. The van der Waals surface area contributed by atoms with E-state index in [0.29, 0.717) is 5.69 Å². The third-order valence-electron chi connectivity index (χ3n) is 3.56. The molecule has 2 aromatic carbocycles. The molecule has 2 aromatic rings. The molecule has 27 heavy (non-hydrogen) atoms. The van der Waals surface area contributed by atoms with Crippen molar-refractivity contribution in [3.8, 4) is 0 Å². The number of nitro groups is 1. The molecular weight excluding hydrogens is 350 g/mol. The predicted octanol–water partition coefficient (Wildman–Crippen LogP) is 3.19. The van der Waals surface area contributed by atoms with Gasteiger partial charge in [-0.25, -0.2) is 4.79 Å². The number of benzene rings is 2. The number of ether oxygens (including phenoxy) is 1. The van der Waals surface area contributed by atoms with E-state index in [0.717, 1.165) is 6.07 Å². The van der Waals surface area contributed by atoms with Gasteiger partial charge in [-0.2, -0.15) is 0 Å². The monoisotopic (exact) mass is 369 g/mol. The Morgan fingerprint density at radius 2 is 1.96 bits per heavy atom. The lowest BCUT2D eigenvalue weighted by Gasteiger charge is -2.13. The Bertz CT molecular complexity index is 852. The maximum Gasteiger partial charge on any atom is 0.339 e. The average molecular weight is 369 g/mol. The van der Waals surface area contributed by atoms with Crippen molar-refractivity contribution in [3.63, 3.8) is 0 Å². The van der Waals surface area contributed by atoms with Crippen molar-refractivity contribution in [2.45, 2.75) is 13.0 Å². The molecule has 2 rings (SSSR count). The molecule has 1 unspecified atom stereocenters. The first-order chi connectivity index (χ1) is 12.9. The van der Waals surface area contributed by atoms with E-state index in [1.165, 1.54) is 25.1 Å². The van der Waals surface area contributed by atoms with Crippen molar-refractivity contribution in [3.05, 3.63) is 76.9 Å². The molecule has 0 aliphatic heterocycles. The van der Waals surface area contributed by atoms with Gasteiger partial charge < -0.3 is 15.4 Å². The van der Waals surface area contributed by atoms with E-state index in [1.807, 2.05) is 6.07 Å². The van der Waals surface area contributed by atoms with Crippen LogP contribution < -0.4 is 10.6 Å². The van der Waals surface area contributed by atoms with Gasteiger partial charge in [0, 0.05) is 18.3 Å². The Morgan fingerprint density at radius 3 is 2.59 bits per heavy atom. The molecule has 0 saturated carbocycles. The molecule has 140 valence electrons. The Hall–Kier alpha value is -3.68. The largest absolute Gasteiger partial charge is 0.449 e. The highest BCUT2D eigenvalue weighted by atomic mass is 16.6. The fourth-order valence-electron chi connectivity index (χ4n) is 2.19. The minimum atomic E-state index is -1.04. The van der Waals surface area contributed by atoms with Crippen molar-refractivity contribution in [2.24, 2.45) is 0 Å². The highest BCUT2D eigenvalue weighted by Gasteiger charge is 2.22. The predicted molar refractivity (Wildman–Crippen MR) is 101 cm³/mol. The normalized spacial score (nSPS) is 11.1. The molecule has 8 nitrogen and oxygen atoms in total. The van der Waals surface area contributed by atoms with Crippen LogP contribution in [0.5, 0.6) is 0 Å². The zero-order chi connectivity index (χ0) is 19.8. The quantitative estimate of drug-likeness (QED) is 0.320. The number of anilines is 2. The van der Waals surface area contributed by atoms with Gasteiger partial charge in [0.1, 0.15) is 5.69 Å². The molecule has 0 saturated heterocycles. The third-order valence-corrected chi connectivity index (χ3v) is 3.56. The standard InChI is InChI=1S/C19H19N3O5/c1-3-11-20-18(23)13(2)27-19(24)14-9-10-16(17(12-14)22(25)26)21-15-7-5-4-6-8-15/h3-10,12-13,21H,1,11H2,2H3,(H,20,23). The van der Waals surface area contributed by atoms with E-state index in [1.54, 1.807) is 24.3 Å². The van der Waals surface area contributed by atoms with Crippen LogP contribution in [0.25, 0.3) is 0 Å². The second-order valence-electron chi connectivity index (χ2n) is 5.56. The Balaban J connectivity index is 2.17. The Labute approximate surface area is 156 Å². The number of rotatable bonds is 8. The molecule has 0 bridgehead atoms. The molecule has 1 atom stereocenters. The summed E-state index contributed by atoms with van der Waals surface area (Å²) in [5.41, 5.74) is 0.601. The van der Waals surface area contributed by atoms with Gasteiger partial charge in [0.05, 0.1) is 10.5 Å². The number of esters is 1. The van der Waals surface area contributed by atoms with Crippen molar-refractivity contribution in [2.75, 3.05) is 11.9 Å². The van der Waals surface area contributed by atoms with E-state index in [9.17, 15) is 19.7 Å². The molecule has 0 radical (unpaired) electrons. The van der Waals surface area contributed by atoms with E-state index < -0.39 is 22.9 Å². The van der Waals surface area contributed by atoms with Gasteiger partial charge in [-0.15, -0.1) is 6.58 Å². The van der Waals surface area contributed by atoms with E-state index in [4.69, 9.17) is 4.74 Å². The van der Waals surface area contributed by atoms with Gasteiger partial charge in [-0.3, -0.25) is 14.9 Å². The van der Waals surface area contributed by atoms with Gasteiger partial charge in [0.2, 0.25) is 0 Å². The van der Waals surface area contributed by atoms with Gasteiger partial charge in [0.25, 0.3) is 11.6 Å². The van der Waals surface area contributed by atoms with Crippen molar-refractivity contribution >= 4 is 28.9 Å². The number of hydrogen-bond donors (Lipinski definition) is 2. The highest BCUT2D eigenvalue weighted by Crippen LogP contribution is 2.29. The second kappa shape index (κ2) is 9.14. The number of hydrogen-bond acceptors (Lipinski definition) is 6. The zero-order valence-electron chi connectivity index (χ0n) is 14.7. The lowest BCUT2D eigenvalue weighted by Crippen LogP contribution is -2.35. The molecule has 1 amide bonds. The lowest BCUT2D eigenvalue weighted by molar-refractivity contribution is -0.383. The van der Waals surface area contributed by atoms with Gasteiger partial charge in [0.15, 0.2) is 6.10 Å². The number of para-hydroxylation sites is 1. The summed E-state index contributed by atoms with van der Waals surface area (Å²) in [5, 5.41) is 16.8. The van der Waals surface area contributed by atoms with E-state index in [-0.39, 0.29) is 23.5 Å². The summed E-state index contributed by atoms with van der Waals surface area (Å²) in [4.78, 5) is 34.7. The number of carbonyl (C=O) groups is 2. The summed E-state index contributed by atoms with van der Waals surface area (Å²) >= 11 is 0. The SMILES string of the molecule is C=CCNC(=O)C(C)OC(=O)c1ccc(Nc2ccccc2)c([N+](=O)[O-])c1. The Morgan fingerprint density at radius 1 is 1.26 bits per heavy atom. The van der Waals surface area contributed by atoms with Crippen molar-refractivity contribution < 1.29 is 19.2 Å². The van der Waals surface area contributed by atoms with Crippen LogP contribution in [0.15, 0.2) is 61.2 Å². The fraction of sp³-hybridized carbons (Fsp3) is 0.158. The molecule has 0 fully saturated rings. The topological polar surface area (TPSA) is 111 Å². The lowest BCUT2D eigenvalue weighted by atomic mass is 10.1.